The lowest BCUT2D eigenvalue weighted by Crippen LogP contribution is -2.17. The van der Waals surface area contributed by atoms with Gasteiger partial charge in [0.15, 0.2) is 0 Å². The molecule has 0 unspecified atom stereocenters. The van der Waals surface area contributed by atoms with Crippen LogP contribution in [0.4, 0.5) is 0 Å². The quantitative estimate of drug-likeness (QED) is 0.816. The zero-order chi connectivity index (χ0) is 12.8. The van der Waals surface area contributed by atoms with Gasteiger partial charge in [-0.25, -0.2) is 0 Å². The van der Waals surface area contributed by atoms with Gasteiger partial charge >= 0.3 is 0 Å². The minimum atomic E-state index is 0.215. The molecule has 1 aromatic rings. The summed E-state index contributed by atoms with van der Waals surface area (Å²) in [5.41, 5.74) is 11.0. The molecule has 17 heavy (non-hydrogen) atoms. The highest BCUT2D eigenvalue weighted by Gasteiger charge is 2.35. The van der Waals surface area contributed by atoms with Gasteiger partial charge in [0.05, 0.1) is 0 Å². The van der Waals surface area contributed by atoms with Crippen molar-refractivity contribution in [1.29, 1.82) is 0 Å². The molecule has 1 heteroatoms. The van der Waals surface area contributed by atoms with E-state index in [4.69, 9.17) is 5.73 Å². The first-order valence-electron chi connectivity index (χ1n) is 6.68. The Morgan fingerprint density at radius 1 is 1.35 bits per heavy atom. The van der Waals surface area contributed by atoms with E-state index < -0.39 is 0 Å². The van der Waals surface area contributed by atoms with E-state index in [1.165, 1.54) is 16.7 Å². The van der Waals surface area contributed by atoms with Crippen molar-refractivity contribution in [2.45, 2.75) is 64.3 Å². The van der Waals surface area contributed by atoms with Gasteiger partial charge in [-0.2, -0.15) is 0 Å². The lowest BCUT2D eigenvalue weighted by Gasteiger charge is -2.25. The predicted octanol–water partition coefficient (Wildman–Crippen LogP) is 4.06. The summed E-state index contributed by atoms with van der Waals surface area (Å²) in [4.78, 5) is 0. The maximum absolute atomic E-state index is 6.28. The van der Waals surface area contributed by atoms with Gasteiger partial charge in [-0.05, 0) is 40.4 Å². The second kappa shape index (κ2) is 3.84. The Morgan fingerprint density at radius 2 is 2.00 bits per heavy atom. The highest BCUT2D eigenvalue weighted by Crippen LogP contribution is 2.44. The fraction of sp³-hybridized carbons (Fsp3) is 0.625. The Balaban J connectivity index is 2.50. The van der Waals surface area contributed by atoms with E-state index in [0.717, 1.165) is 12.8 Å². The molecule has 0 fully saturated rings. The van der Waals surface area contributed by atoms with Gasteiger partial charge in [0.2, 0.25) is 0 Å². The van der Waals surface area contributed by atoms with Crippen molar-refractivity contribution in [3.8, 4) is 0 Å². The summed E-state index contributed by atoms with van der Waals surface area (Å²) in [5.74, 6) is 0. The molecular formula is C16H25N. The molecule has 1 nitrogen and oxygen atoms in total. The van der Waals surface area contributed by atoms with Crippen LogP contribution in [0.3, 0.4) is 0 Å². The van der Waals surface area contributed by atoms with Crippen LogP contribution >= 0.6 is 0 Å². The van der Waals surface area contributed by atoms with Gasteiger partial charge in [-0.3, -0.25) is 0 Å². The summed E-state index contributed by atoms with van der Waals surface area (Å²) in [6.07, 6.45) is 2.22. The molecule has 2 N–H and O–H groups in total. The van der Waals surface area contributed by atoms with Crippen LogP contribution in [0.5, 0.6) is 0 Å². The Hall–Kier alpha value is -0.820. The van der Waals surface area contributed by atoms with Crippen molar-refractivity contribution in [3.63, 3.8) is 0 Å². The van der Waals surface area contributed by atoms with Crippen molar-refractivity contribution in [3.05, 3.63) is 34.9 Å². The van der Waals surface area contributed by atoms with E-state index in [1.807, 2.05) is 0 Å². The molecule has 1 atom stereocenters. The molecule has 0 aliphatic heterocycles. The standard InChI is InChI=1S/C16H25N/c1-6-15(2,3)11-7-8-13-12(9-11)14(17)10-16(13,4)5/h7-9,14H,6,10,17H2,1-5H3/t14-/m0/s1. The molecule has 2 rings (SSSR count). The molecule has 0 saturated carbocycles. The Labute approximate surface area is 105 Å². The molecule has 94 valence electrons. The van der Waals surface area contributed by atoms with Crippen LogP contribution in [-0.4, -0.2) is 0 Å². The number of hydrogen-bond acceptors (Lipinski definition) is 1. The fourth-order valence-electron chi connectivity index (χ4n) is 2.88. The second-order valence-corrected chi connectivity index (χ2v) is 6.73. The average Bonchev–Trinajstić information content (AvgIpc) is 2.49. The van der Waals surface area contributed by atoms with Crippen molar-refractivity contribution in [1.82, 2.24) is 0 Å². The van der Waals surface area contributed by atoms with E-state index in [0.29, 0.717) is 0 Å². The number of fused-ring (bicyclic) bond motifs is 1. The van der Waals surface area contributed by atoms with Crippen LogP contribution in [0.15, 0.2) is 18.2 Å². The fourth-order valence-corrected chi connectivity index (χ4v) is 2.88. The predicted molar refractivity (Wildman–Crippen MR) is 74.3 cm³/mol. The lowest BCUT2D eigenvalue weighted by molar-refractivity contribution is 0.481. The molecule has 1 aliphatic carbocycles. The van der Waals surface area contributed by atoms with Crippen LogP contribution < -0.4 is 5.73 Å². The molecule has 0 heterocycles. The smallest absolute Gasteiger partial charge is 0.0306 e. The van der Waals surface area contributed by atoms with Gasteiger partial charge in [-0.1, -0.05) is 52.8 Å². The molecule has 0 bridgehead atoms. The van der Waals surface area contributed by atoms with Crippen LogP contribution in [0, 0.1) is 0 Å². The number of hydrogen-bond donors (Lipinski definition) is 1. The molecule has 0 saturated heterocycles. The van der Waals surface area contributed by atoms with E-state index in [2.05, 4.69) is 52.8 Å². The zero-order valence-corrected chi connectivity index (χ0v) is 11.8. The summed E-state index contributed by atoms with van der Waals surface area (Å²) in [7, 11) is 0. The van der Waals surface area contributed by atoms with E-state index in [-0.39, 0.29) is 16.9 Å². The number of benzene rings is 1. The number of nitrogens with two attached hydrogens (primary N) is 1. The molecule has 0 amide bonds. The molecular weight excluding hydrogens is 206 g/mol. The minimum absolute atomic E-state index is 0.215. The molecule has 0 radical (unpaired) electrons. The zero-order valence-electron chi connectivity index (χ0n) is 11.8. The van der Waals surface area contributed by atoms with Crippen molar-refractivity contribution in [2.24, 2.45) is 5.73 Å². The van der Waals surface area contributed by atoms with Crippen LogP contribution in [-0.2, 0) is 10.8 Å². The second-order valence-electron chi connectivity index (χ2n) is 6.73. The highest BCUT2D eigenvalue weighted by atomic mass is 14.7. The van der Waals surface area contributed by atoms with E-state index in [1.54, 1.807) is 0 Å². The molecule has 1 aromatic carbocycles. The van der Waals surface area contributed by atoms with Gasteiger partial charge in [0.25, 0.3) is 0 Å². The summed E-state index contributed by atoms with van der Waals surface area (Å²) in [6.45, 7) is 11.4. The molecule has 0 aromatic heterocycles. The topological polar surface area (TPSA) is 26.0 Å². The first-order valence-corrected chi connectivity index (χ1v) is 6.68. The maximum atomic E-state index is 6.28. The third-order valence-electron chi connectivity index (χ3n) is 4.58. The summed E-state index contributed by atoms with van der Waals surface area (Å²) in [5, 5.41) is 0. The highest BCUT2D eigenvalue weighted by molar-refractivity contribution is 5.45. The monoisotopic (exact) mass is 231 g/mol. The summed E-state index contributed by atoms with van der Waals surface area (Å²) >= 11 is 0. The van der Waals surface area contributed by atoms with Crippen LogP contribution in [0.2, 0.25) is 0 Å². The first kappa shape index (κ1) is 12.6. The van der Waals surface area contributed by atoms with E-state index >= 15 is 0 Å². The van der Waals surface area contributed by atoms with Gasteiger partial charge in [0.1, 0.15) is 0 Å². The maximum Gasteiger partial charge on any atom is 0.0306 e. The van der Waals surface area contributed by atoms with Gasteiger partial charge in [0, 0.05) is 6.04 Å². The van der Waals surface area contributed by atoms with Crippen molar-refractivity contribution < 1.29 is 0 Å². The van der Waals surface area contributed by atoms with Gasteiger partial charge in [-0.15, -0.1) is 0 Å². The Bertz CT molecular complexity index is 429. The van der Waals surface area contributed by atoms with E-state index in [9.17, 15) is 0 Å². The van der Waals surface area contributed by atoms with Crippen LogP contribution in [0.1, 0.15) is 70.2 Å². The third-order valence-corrected chi connectivity index (χ3v) is 4.58. The largest absolute Gasteiger partial charge is 0.324 e. The van der Waals surface area contributed by atoms with Crippen LogP contribution in [0.25, 0.3) is 0 Å². The average molecular weight is 231 g/mol. The van der Waals surface area contributed by atoms with Gasteiger partial charge < -0.3 is 5.73 Å². The normalized spacial score (nSPS) is 22.6. The molecule has 0 spiro atoms. The SMILES string of the molecule is CCC(C)(C)c1ccc2c(c1)[C@@H](N)CC2(C)C. The lowest BCUT2D eigenvalue weighted by atomic mass is 9.79. The van der Waals surface area contributed by atoms with Crippen molar-refractivity contribution >= 4 is 0 Å². The summed E-state index contributed by atoms with van der Waals surface area (Å²) < 4.78 is 0. The Morgan fingerprint density at radius 3 is 2.59 bits per heavy atom. The summed E-state index contributed by atoms with van der Waals surface area (Å²) in [6, 6.07) is 7.16. The van der Waals surface area contributed by atoms with Crippen molar-refractivity contribution in [2.75, 3.05) is 0 Å². The molecule has 1 aliphatic rings. The minimum Gasteiger partial charge on any atom is -0.324 e. The Kier molecular flexibility index (Phi) is 2.86. The first-order chi connectivity index (χ1) is 7.78. The third kappa shape index (κ3) is 2.01. The number of rotatable bonds is 2.